The normalized spacial score (nSPS) is 15.0. The maximum Gasteiger partial charge on any atom is 0.426 e. The van der Waals surface area contributed by atoms with Crippen molar-refractivity contribution >= 4 is 7.92 Å². The molecule has 0 saturated heterocycles. The average Bonchev–Trinajstić information content (AvgIpc) is 1.79. The van der Waals surface area contributed by atoms with Crippen molar-refractivity contribution in [3.05, 3.63) is 0 Å². The Hall–Kier alpha value is -0.0300. The van der Waals surface area contributed by atoms with Crippen LogP contribution in [0.25, 0.3) is 0 Å². The summed E-state index contributed by atoms with van der Waals surface area (Å²) >= 11 is 0. The number of rotatable bonds is 2. The Balaban J connectivity index is 5.07. The van der Waals surface area contributed by atoms with Crippen LogP contribution in [-0.4, -0.2) is 42.6 Å². The van der Waals surface area contributed by atoms with Crippen LogP contribution in [0.1, 0.15) is 0 Å². The summed E-state index contributed by atoms with van der Waals surface area (Å²) in [7, 11) is -1.51. The van der Waals surface area contributed by atoms with E-state index in [1.54, 1.807) is 0 Å². The molecule has 0 heterocycles. The van der Waals surface area contributed by atoms with Crippen LogP contribution in [0.2, 0.25) is 0 Å². The van der Waals surface area contributed by atoms with Crippen molar-refractivity contribution in [2.45, 2.75) is 18.0 Å². The van der Waals surface area contributed by atoms with Gasteiger partial charge in [-0.1, -0.05) is 0 Å². The van der Waals surface area contributed by atoms with Crippen molar-refractivity contribution in [3.63, 3.8) is 0 Å². The maximum absolute atomic E-state index is 12.0. The van der Waals surface area contributed by atoms with Gasteiger partial charge in [0.25, 0.3) is 5.60 Å². The number of aliphatic hydroxyl groups is 1. The predicted molar refractivity (Wildman–Crippen MR) is 40.7 cm³/mol. The third kappa shape index (κ3) is 2.73. The van der Waals surface area contributed by atoms with E-state index in [1.165, 1.54) is 13.3 Å². The van der Waals surface area contributed by atoms with Gasteiger partial charge in [-0.25, -0.2) is 0 Å². The second-order valence-electron chi connectivity index (χ2n) is 3.09. The number of halogens is 6. The fourth-order valence-electron chi connectivity index (χ4n) is 0.798. The molecule has 0 unspecified atom stereocenters. The van der Waals surface area contributed by atoms with E-state index < -0.39 is 32.0 Å². The van der Waals surface area contributed by atoms with Crippen molar-refractivity contribution in [1.29, 1.82) is 0 Å². The molecule has 0 aliphatic heterocycles. The molecule has 0 saturated carbocycles. The maximum atomic E-state index is 12.0. The Morgan fingerprint density at radius 2 is 1.21 bits per heavy atom. The molecule has 0 aromatic rings. The van der Waals surface area contributed by atoms with E-state index >= 15 is 0 Å². The lowest BCUT2D eigenvalue weighted by atomic mass is 10.1. The van der Waals surface area contributed by atoms with E-state index in [-0.39, 0.29) is 0 Å². The van der Waals surface area contributed by atoms with Crippen molar-refractivity contribution in [3.8, 4) is 0 Å². The lowest BCUT2D eigenvalue weighted by Gasteiger charge is -2.33. The molecule has 0 spiro atoms. The summed E-state index contributed by atoms with van der Waals surface area (Å²) < 4.78 is 72.0. The molecule has 14 heavy (non-hydrogen) atoms. The van der Waals surface area contributed by atoms with Crippen LogP contribution in [0, 0.1) is 0 Å². The van der Waals surface area contributed by atoms with E-state index in [9.17, 15) is 26.3 Å². The molecule has 86 valence electrons. The molecular weight excluding hydrogens is 233 g/mol. The van der Waals surface area contributed by atoms with Crippen molar-refractivity contribution in [2.24, 2.45) is 0 Å². The molecule has 1 nitrogen and oxygen atoms in total. The lowest BCUT2D eigenvalue weighted by Crippen LogP contribution is -2.58. The molecule has 0 atom stereocenters. The molecule has 0 aliphatic rings. The Morgan fingerprint density at radius 1 is 0.929 bits per heavy atom. The van der Waals surface area contributed by atoms with E-state index in [0.29, 0.717) is 0 Å². The predicted octanol–water partition coefficient (Wildman–Crippen LogP) is 2.58. The molecule has 0 aromatic heterocycles. The molecule has 0 radical (unpaired) electrons. The Kier molecular flexibility index (Phi) is 3.84. The van der Waals surface area contributed by atoms with Gasteiger partial charge in [-0.05, 0) is 13.3 Å². The van der Waals surface area contributed by atoms with Gasteiger partial charge in [-0.2, -0.15) is 26.3 Å². The fraction of sp³-hybridized carbons (Fsp3) is 1.00. The highest BCUT2D eigenvalue weighted by Crippen LogP contribution is 2.48. The Morgan fingerprint density at radius 3 is 1.29 bits per heavy atom. The van der Waals surface area contributed by atoms with Crippen molar-refractivity contribution in [2.75, 3.05) is 19.5 Å². The summed E-state index contributed by atoms with van der Waals surface area (Å²) in [5.41, 5.74) is -4.57. The number of alkyl halides is 6. The van der Waals surface area contributed by atoms with Crippen LogP contribution in [-0.2, 0) is 0 Å². The molecule has 8 heteroatoms. The smallest absolute Gasteiger partial charge is 0.373 e. The first-order chi connectivity index (χ1) is 5.92. The van der Waals surface area contributed by atoms with E-state index in [4.69, 9.17) is 5.11 Å². The van der Waals surface area contributed by atoms with Crippen LogP contribution in [0.4, 0.5) is 26.3 Å². The van der Waals surface area contributed by atoms with Crippen molar-refractivity contribution < 1.29 is 31.4 Å². The number of hydrogen-bond donors (Lipinski definition) is 1. The SMILES string of the molecule is CP(C)CC(O)(C(F)(F)F)C(F)(F)F. The minimum atomic E-state index is -5.68. The van der Waals surface area contributed by atoms with Crippen LogP contribution in [0.3, 0.4) is 0 Å². The third-order valence-corrected chi connectivity index (χ3v) is 2.57. The molecule has 0 aromatic carbocycles. The second kappa shape index (κ2) is 3.85. The highest BCUT2D eigenvalue weighted by atomic mass is 31.1. The van der Waals surface area contributed by atoms with E-state index in [0.717, 1.165) is 0 Å². The molecular formula is C6H9F6OP. The molecule has 0 aliphatic carbocycles. The van der Waals surface area contributed by atoms with Crippen LogP contribution in [0.15, 0.2) is 0 Å². The summed E-state index contributed by atoms with van der Waals surface area (Å²) in [6.07, 6.45) is -12.7. The fourth-order valence-corrected chi connectivity index (χ4v) is 2.07. The van der Waals surface area contributed by atoms with Gasteiger partial charge in [0, 0.05) is 6.16 Å². The lowest BCUT2D eigenvalue weighted by molar-refractivity contribution is -0.358. The monoisotopic (exact) mass is 242 g/mol. The number of hydrogen-bond acceptors (Lipinski definition) is 1. The third-order valence-electron chi connectivity index (χ3n) is 1.48. The first-order valence-corrected chi connectivity index (χ1v) is 5.84. The Bertz CT molecular complexity index is 181. The highest BCUT2D eigenvalue weighted by Gasteiger charge is 2.70. The van der Waals surface area contributed by atoms with Crippen molar-refractivity contribution in [1.82, 2.24) is 0 Å². The topological polar surface area (TPSA) is 20.2 Å². The van der Waals surface area contributed by atoms with E-state index in [1.807, 2.05) is 0 Å². The summed E-state index contributed by atoms with van der Waals surface area (Å²) in [6, 6.07) is 0. The molecule has 1 N–H and O–H groups in total. The van der Waals surface area contributed by atoms with Gasteiger partial charge in [-0.3, -0.25) is 0 Å². The zero-order valence-electron chi connectivity index (χ0n) is 7.37. The van der Waals surface area contributed by atoms with E-state index in [2.05, 4.69) is 0 Å². The largest absolute Gasteiger partial charge is 0.426 e. The first-order valence-electron chi connectivity index (χ1n) is 3.42. The molecule has 0 fully saturated rings. The molecule has 0 rings (SSSR count). The second-order valence-corrected chi connectivity index (χ2v) is 5.57. The quantitative estimate of drug-likeness (QED) is 0.582. The first kappa shape index (κ1) is 14.0. The van der Waals surface area contributed by atoms with Crippen LogP contribution < -0.4 is 0 Å². The zero-order chi connectivity index (χ0) is 11.8. The van der Waals surface area contributed by atoms with Gasteiger partial charge >= 0.3 is 12.4 Å². The van der Waals surface area contributed by atoms with Gasteiger partial charge < -0.3 is 5.11 Å². The standard InChI is InChI=1S/C6H9F6OP/c1-14(2)3-4(13,5(7,8)9)6(10,11)12/h13H,3H2,1-2H3. The highest BCUT2D eigenvalue weighted by molar-refractivity contribution is 7.56. The summed E-state index contributed by atoms with van der Waals surface area (Å²) in [5, 5.41) is 8.62. The van der Waals surface area contributed by atoms with Gasteiger partial charge in [0.05, 0.1) is 0 Å². The van der Waals surface area contributed by atoms with Crippen LogP contribution in [0.5, 0.6) is 0 Å². The van der Waals surface area contributed by atoms with Gasteiger partial charge in [0.15, 0.2) is 0 Å². The minimum absolute atomic E-state index is 1.23. The van der Waals surface area contributed by atoms with Gasteiger partial charge in [-0.15, -0.1) is 7.92 Å². The minimum Gasteiger partial charge on any atom is -0.373 e. The van der Waals surface area contributed by atoms with Gasteiger partial charge in [0.2, 0.25) is 0 Å². The van der Waals surface area contributed by atoms with Crippen LogP contribution >= 0.6 is 7.92 Å². The molecule has 0 bridgehead atoms. The zero-order valence-corrected chi connectivity index (χ0v) is 8.26. The summed E-state index contributed by atoms with van der Waals surface area (Å²) in [4.78, 5) is 0. The summed E-state index contributed by atoms with van der Waals surface area (Å²) in [5.74, 6) is 0. The van der Waals surface area contributed by atoms with Gasteiger partial charge in [0.1, 0.15) is 0 Å². The summed E-state index contributed by atoms with van der Waals surface area (Å²) in [6.45, 7) is 2.47. The Labute approximate surface area is 77.9 Å². The average molecular weight is 242 g/mol. The molecule has 0 amide bonds.